The predicted octanol–water partition coefficient (Wildman–Crippen LogP) is 4.95. The maximum absolute atomic E-state index is 2.60. The molecule has 0 aliphatic heterocycles. The van der Waals surface area contributed by atoms with Gasteiger partial charge >= 0.3 is 0 Å². The van der Waals surface area contributed by atoms with Crippen LogP contribution in [0.15, 0.2) is 12.2 Å². The van der Waals surface area contributed by atoms with Crippen LogP contribution in [0.3, 0.4) is 0 Å². The Morgan fingerprint density at radius 3 is 2.13 bits per heavy atom. The zero-order chi connectivity index (χ0) is 10.7. The first-order chi connectivity index (χ1) is 7.22. The quantitative estimate of drug-likeness (QED) is 0.532. The summed E-state index contributed by atoms with van der Waals surface area (Å²) in [5, 5.41) is 0. The van der Waals surface area contributed by atoms with Gasteiger partial charge < -0.3 is 0 Å². The van der Waals surface area contributed by atoms with Crippen molar-refractivity contribution in [1.82, 2.24) is 0 Å². The van der Waals surface area contributed by atoms with Crippen molar-refractivity contribution in [3.05, 3.63) is 12.2 Å². The average Bonchev–Trinajstić information content (AvgIpc) is 2.45. The lowest BCUT2D eigenvalue weighted by Gasteiger charge is -2.36. The molecule has 2 rings (SSSR count). The van der Waals surface area contributed by atoms with Crippen LogP contribution in [0.25, 0.3) is 0 Å². The molecule has 0 amide bonds. The van der Waals surface area contributed by atoms with Crippen molar-refractivity contribution in [3.8, 4) is 0 Å². The summed E-state index contributed by atoms with van der Waals surface area (Å²) in [6, 6.07) is 0. The van der Waals surface area contributed by atoms with E-state index in [0.29, 0.717) is 5.41 Å². The molecule has 86 valence electrons. The molecule has 1 atom stereocenters. The minimum Gasteiger partial charge on any atom is -0.0846 e. The minimum atomic E-state index is 0.627. The molecule has 1 spiro atoms. The van der Waals surface area contributed by atoms with Gasteiger partial charge in [-0.1, -0.05) is 51.7 Å². The van der Waals surface area contributed by atoms with E-state index in [0.717, 1.165) is 11.8 Å². The van der Waals surface area contributed by atoms with Crippen LogP contribution in [0.4, 0.5) is 0 Å². The van der Waals surface area contributed by atoms with E-state index in [-0.39, 0.29) is 0 Å². The van der Waals surface area contributed by atoms with E-state index in [1.165, 1.54) is 51.4 Å². The van der Waals surface area contributed by atoms with Gasteiger partial charge in [0.1, 0.15) is 0 Å². The Labute approximate surface area is 95.1 Å². The Bertz CT molecular complexity index is 216. The fourth-order valence-electron chi connectivity index (χ4n) is 3.37. The number of allylic oxidation sites excluding steroid dienone is 2. The number of hydrogen-bond donors (Lipinski definition) is 0. The monoisotopic (exact) mass is 206 g/mol. The van der Waals surface area contributed by atoms with Gasteiger partial charge in [-0.3, -0.25) is 0 Å². The summed E-state index contributed by atoms with van der Waals surface area (Å²) in [6.07, 6.45) is 16.9. The molecule has 1 saturated carbocycles. The molecule has 0 saturated heterocycles. The highest BCUT2D eigenvalue weighted by atomic mass is 14.4. The summed E-state index contributed by atoms with van der Waals surface area (Å²) < 4.78 is 0. The molecule has 0 nitrogen and oxygen atoms in total. The van der Waals surface area contributed by atoms with E-state index in [1.54, 1.807) is 0 Å². The van der Waals surface area contributed by atoms with Crippen LogP contribution in [-0.4, -0.2) is 0 Å². The van der Waals surface area contributed by atoms with Crippen molar-refractivity contribution in [2.24, 2.45) is 17.3 Å². The van der Waals surface area contributed by atoms with Crippen LogP contribution in [0.1, 0.15) is 65.2 Å². The van der Waals surface area contributed by atoms with Gasteiger partial charge in [0.15, 0.2) is 0 Å². The molecule has 0 heterocycles. The third-order valence-corrected chi connectivity index (χ3v) is 4.63. The van der Waals surface area contributed by atoms with Gasteiger partial charge in [-0.2, -0.15) is 0 Å². The maximum Gasteiger partial charge on any atom is -0.0118 e. The van der Waals surface area contributed by atoms with E-state index in [2.05, 4.69) is 26.0 Å². The predicted molar refractivity (Wildman–Crippen MR) is 66.8 cm³/mol. The molecule has 0 bridgehead atoms. The second kappa shape index (κ2) is 4.72. The van der Waals surface area contributed by atoms with E-state index in [1.807, 2.05) is 0 Å². The van der Waals surface area contributed by atoms with Gasteiger partial charge in [-0.15, -0.1) is 0 Å². The Kier molecular flexibility index (Phi) is 3.53. The molecular weight excluding hydrogens is 180 g/mol. The summed E-state index contributed by atoms with van der Waals surface area (Å²) >= 11 is 0. The molecular formula is C15H26. The standard InChI is InChI=1S/C15H26/c1-13(2)14-7-11-15(12-8-14)9-5-3-4-6-10-15/h7,11,13-14H,3-6,8-10,12H2,1-2H3. The van der Waals surface area contributed by atoms with Gasteiger partial charge in [-0.05, 0) is 42.9 Å². The van der Waals surface area contributed by atoms with Crippen molar-refractivity contribution in [1.29, 1.82) is 0 Å². The van der Waals surface area contributed by atoms with Gasteiger partial charge in [0.2, 0.25) is 0 Å². The van der Waals surface area contributed by atoms with Gasteiger partial charge in [-0.25, -0.2) is 0 Å². The molecule has 2 aliphatic carbocycles. The summed E-state index contributed by atoms with van der Waals surface area (Å²) in [5.41, 5.74) is 0.627. The Morgan fingerprint density at radius 1 is 1.00 bits per heavy atom. The first-order valence-electron chi connectivity index (χ1n) is 6.91. The normalized spacial score (nSPS) is 30.7. The smallest absolute Gasteiger partial charge is 0.0118 e. The Hall–Kier alpha value is -0.260. The van der Waals surface area contributed by atoms with Crippen LogP contribution in [0.5, 0.6) is 0 Å². The third kappa shape index (κ3) is 2.65. The molecule has 0 radical (unpaired) electrons. The summed E-state index contributed by atoms with van der Waals surface area (Å²) in [7, 11) is 0. The SMILES string of the molecule is CC(C)C1C=CC2(CCCCCC2)CC1. The molecule has 1 fully saturated rings. The zero-order valence-corrected chi connectivity index (χ0v) is 10.5. The lowest BCUT2D eigenvalue weighted by Crippen LogP contribution is -2.24. The molecule has 0 N–H and O–H groups in total. The highest BCUT2D eigenvalue weighted by Crippen LogP contribution is 2.45. The highest BCUT2D eigenvalue weighted by molar-refractivity contribution is 5.07. The molecule has 0 aromatic heterocycles. The molecule has 0 aromatic rings. The van der Waals surface area contributed by atoms with Crippen molar-refractivity contribution in [2.45, 2.75) is 65.2 Å². The van der Waals surface area contributed by atoms with Gasteiger partial charge in [0.05, 0.1) is 0 Å². The Balaban J connectivity index is 2.02. The minimum absolute atomic E-state index is 0.627. The zero-order valence-electron chi connectivity index (χ0n) is 10.5. The largest absolute Gasteiger partial charge is 0.0846 e. The summed E-state index contributed by atoms with van der Waals surface area (Å²) in [4.78, 5) is 0. The molecule has 15 heavy (non-hydrogen) atoms. The topological polar surface area (TPSA) is 0 Å². The van der Waals surface area contributed by atoms with Crippen molar-refractivity contribution in [2.75, 3.05) is 0 Å². The van der Waals surface area contributed by atoms with Crippen LogP contribution in [0.2, 0.25) is 0 Å². The maximum atomic E-state index is 2.60. The van der Waals surface area contributed by atoms with E-state index in [9.17, 15) is 0 Å². The van der Waals surface area contributed by atoms with Crippen LogP contribution < -0.4 is 0 Å². The first kappa shape index (κ1) is 11.2. The Morgan fingerprint density at radius 2 is 1.67 bits per heavy atom. The van der Waals surface area contributed by atoms with Crippen LogP contribution in [-0.2, 0) is 0 Å². The second-order valence-corrected chi connectivity index (χ2v) is 6.08. The lowest BCUT2D eigenvalue weighted by molar-refractivity contribution is 0.244. The molecule has 0 aromatic carbocycles. The lowest BCUT2D eigenvalue weighted by atomic mass is 9.69. The highest BCUT2D eigenvalue weighted by Gasteiger charge is 2.31. The fourth-order valence-corrected chi connectivity index (χ4v) is 3.37. The summed E-state index contributed by atoms with van der Waals surface area (Å²) in [5.74, 6) is 1.70. The number of hydrogen-bond acceptors (Lipinski definition) is 0. The van der Waals surface area contributed by atoms with E-state index >= 15 is 0 Å². The van der Waals surface area contributed by atoms with E-state index in [4.69, 9.17) is 0 Å². The van der Waals surface area contributed by atoms with Crippen LogP contribution in [0, 0.1) is 17.3 Å². The van der Waals surface area contributed by atoms with Crippen molar-refractivity contribution >= 4 is 0 Å². The molecule has 2 aliphatic rings. The van der Waals surface area contributed by atoms with Crippen molar-refractivity contribution < 1.29 is 0 Å². The van der Waals surface area contributed by atoms with Gasteiger partial charge in [0.25, 0.3) is 0 Å². The molecule has 0 heteroatoms. The van der Waals surface area contributed by atoms with E-state index < -0.39 is 0 Å². The number of rotatable bonds is 1. The van der Waals surface area contributed by atoms with Gasteiger partial charge in [0, 0.05) is 0 Å². The third-order valence-electron chi connectivity index (χ3n) is 4.63. The summed E-state index contributed by atoms with van der Waals surface area (Å²) in [6.45, 7) is 4.72. The van der Waals surface area contributed by atoms with Crippen molar-refractivity contribution in [3.63, 3.8) is 0 Å². The van der Waals surface area contributed by atoms with Crippen LogP contribution >= 0.6 is 0 Å². The second-order valence-electron chi connectivity index (χ2n) is 6.08. The average molecular weight is 206 g/mol. The first-order valence-corrected chi connectivity index (χ1v) is 6.91. The fraction of sp³-hybridized carbons (Fsp3) is 0.867. The molecule has 1 unspecified atom stereocenters.